The third-order valence-corrected chi connectivity index (χ3v) is 2.19. The predicted molar refractivity (Wildman–Crippen MR) is 55.1 cm³/mol. The number of azide groups is 1. The maximum absolute atomic E-state index is 8.23. The van der Waals surface area contributed by atoms with Crippen molar-refractivity contribution in [1.82, 2.24) is 0 Å². The van der Waals surface area contributed by atoms with Gasteiger partial charge in [-0.15, -0.1) is 0 Å². The molecule has 78 valence electrons. The highest BCUT2D eigenvalue weighted by Gasteiger charge is 2.16. The van der Waals surface area contributed by atoms with Gasteiger partial charge in [-0.05, 0) is 29.8 Å². The van der Waals surface area contributed by atoms with Gasteiger partial charge in [-0.2, -0.15) is 0 Å². The van der Waals surface area contributed by atoms with Crippen molar-refractivity contribution >= 4 is 5.69 Å². The maximum Gasteiger partial charge on any atom is 0.124 e. The first-order valence-electron chi connectivity index (χ1n) is 4.78. The maximum atomic E-state index is 8.23. The van der Waals surface area contributed by atoms with Gasteiger partial charge in [0.15, 0.2) is 0 Å². The normalized spacial score (nSPS) is 19.6. The van der Waals surface area contributed by atoms with E-state index in [2.05, 4.69) is 10.0 Å². The van der Waals surface area contributed by atoms with Gasteiger partial charge in [-0.1, -0.05) is 5.11 Å². The Kier molecular flexibility index (Phi) is 3.07. The van der Waals surface area contributed by atoms with Gasteiger partial charge in [0.25, 0.3) is 0 Å². The summed E-state index contributed by atoms with van der Waals surface area (Å²) >= 11 is 0. The lowest BCUT2D eigenvalue weighted by molar-refractivity contribution is 0.141. The molecule has 0 saturated carbocycles. The van der Waals surface area contributed by atoms with Crippen LogP contribution in [-0.4, -0.2) is 19.3 Å². The van der Waals surface area contributed by atoms with Gasteiger partial charge in [0.1, 0.15) is 11.9 Å². The van der Waals surface area contributed by atoms with Crippen molar-refractivity contribution in [3.63, 3.8) is 0 Å². The van der Waals surface area contributed by atoms with E-state index in [0.717, 1.165) is 18.8 Å². The first-order valence-corrected chi connectivity index (χ1v) is 4.78. The molecule has 1 fully saturated rings. The molecule has 0 N–H and O–H groups in total. The first-order chi connectivity index (χ1) is 7.38. The Bertz CT molecular complexity index is 365. The van der Waals surface area contributed by atoms with Crippen LogP contribution in [0.1, 0.15) is 6.42 Å². The fourth-order valence-corrected chi connectivity index (χ4v) is 1.44. The molecule has 0 aliphatic carbocycles. The van der Waals surface area contributed by atoms with Gasteiger partial charge < -0.3 is 9.47 Å². The molecule has 1 heterocycles. The van der Waals surface area contributed by atoms with Gasteiger partial charge in [0.2, 0.25) is 0 Å². The SMILES string of the molecule is [N-]=[N+]=Nc1ccc(OC2CCOC2)cc1. The van der Waals surface area contributed by atoms with Crippen LogP contribution in [0.5, 0.6) is 5.75 Å². The Morgan fingerprint density at radius 1 is 1.40 bits per heavy atom. The molecule has 0 bridgehead atoms. The molecule has 1 unspecified atom stereocenters. The number of rotatable bonds is 3. The molecule has 5 nitrogen and oxygen atoms in total. The Hall–Kier alpha value is -1.71. The molecule has 0 aromatic heterocycles. The third-order valence-electron chi connectivity index (χ3n) is 2.19. The summed E-state index contributed by atoms with van der Waals surface area (Å²) < 4.78 is 10.8. The average Bonchev–Trinajstić information content (AvgIpc) is 2.74. The molecular weight excluding hydrogens is 194 g/mol. The molecule has 5 heteroatoms. The van der Waals surface area contributed by atoms with Crippen molar-refractivity contribution in [2.75, 3.05) is 13.2 Å². The average molecular weight is 205 g/mol. The summed E-state index contributed by atoms with van der Waals surface area (Å²) in [6, 6.07) is 7.04. The highest BCUT2D eigenvalue weighted by molar-refractivity contribution is 5.41. The summed E-state index contributed by atoms with van der Waals surface area (Å²) in [7, 11) is 0. The number of ether oxygens (including phenoxy) is 2. The second kappa shape index (κ2) is 4.68. The lowest BCUT2D eigenvalue weighted by Gasteiger charge is -2.11. The van der Waals surface area contributed by atoms with E-state index >= 15 is 0 Å². The fourth-order valence-electron chi connectivity index (χ4n) is 1.44. The second-order valence-corrected chi connectivity index (χ2v) is 3.29. The lowest BCUT2D eigenvalue weighted by Crippen LogP contribution is -2.15. The molecule has 1 aromatic rings. The van der Waals surface area contributed by atoms with E-state index in [0.29, 0.717) is 12.3 Å². The van der Waals surface area contributed by atoms with E-state index in [1.165, 1.54) is 0 Å². The molecule has 1 aliphatic heterocycles. The number of nitrogens with zero attached hydrogens (tertiary/aromatic N) is 3. The monoisotopic (exact) mass is 205 g/mol. The smallest absolute Gasteiger partial charge is 0.124 e. The van der Waals surface area contributed by atoms with E-state index in [4.69, 9.17) is 15.0 Å². The Morgan fingerprint density at radius 2 is 2.20 bits per heavy atom. The van der Waals surface area contributed by atoms with Crippen LogP contribution < -0.4 is 4.74 Å². The molecule has 0 radical (unpaired) electrons. The zero-order valence-electron chi connectivity index (χ0n) is 8.17. The Labute approximate surface area is 87.2 Å². The molecule has 1 aliphatic rings. The van der Waals surface area contributed by atoms with Crippen LogP contribution in [0.15, 0.2) is 29.4 Å². The summed E-state index contributed by atoms with van der Waals surface area (Å²) in [4.78, 5) is 2.70. The molecule has 2 rings (SSSR count). The van der Waals surface area contributed by atoms with Crippen molar-refractivity contribution < 1.29 is 9.47 Å². The van der Waals surface area contributed by atoms with Crippen LogP contribution >= 0.6 is 0 Å². The minimum atomic E-state index is 0.148. The number of hydrogen-bond acceptors (Lipinski definition) is 3. The zero-order valence-corrected chi connectivity index (χ0v) is 8.17. The van der Waals surface area contributed by atoms with E-state index in [1.807, 2.05) is 0 Å². The molecule has 1 atom stereocenters. The van der Waals surface area contributed by atoms with Crippen LogP contribution in [0.2, 0.25) is 0 Å². The quantitative estimate of drug-likeness (QED) is 0.432. The third kappa shape index (κ3) is 2.62. The topological polar surface area (TPSA) is 67.2 Å². The van der Waals surface area contributed by atoms with Gasteiger partial charge in [-0.3, -0.25) is 0 Å². The van der Waals surface area contributed by atoms with E-state index in [9.17, 15) is 0 Å². The predicted octanol–water partition coefficient (Wildman–Crippen LogP) is 2.80. The first kappa shape index (κ1) is 9.83. The van der Waals surface area contributed by atoms with Crippen molar-refractivity contribution in [1.29, 1.82) is 0 Å². The van der Waals surface area contributed by atoms with Crippen LogP contribution in [0.3, 0.4) is 0 Å². The largest absolute Gasteiger partial charge is 0.488 e. The van der Waals surface area contributed by atoms with Crippen LogP contribution in [0, 0.1) is 0 Å². The van der Waals surface area contributed by atoms with Gasteiger partial charge in [0.05, 0.1) is 13.2 Å². The van der Waals surface area contributed by atoms with Crippen molar-refractivity contribution in [3.05, 3.63) is 34.7 Å². The Morgan fingerprint density at radius 3 is 2.80 bits per heavy atom. The van der Waals surface area contributed by atoms with Gasteiger partial charge >= 0.3 is 0 Å². The summed E-state index contributed by atoms with van der Waals surface area (Å²) in [5.41, 5.74) is 8.82. The molecule has 15 heavy (non-hydrogen) atoms. The Balaban J connectivity index is 1.99. The highest BCUT2D eigenvalue weighted by Crippen LogP contribution is 2.20. The molecule has 1 saturated heterocycles. The molecule has 0 spiro atoms. The van der Waals surface area contributed by atoms with Gasteiger partial charge in [-0.25, -0.2) is 0 Å². The van der Waals surface area contributed by atoms with E-state index in [1.54, 1.807) is 24.3 Å². The van der Waals surface area contributed by atoms with Gasteiger partial charge in [0, 0.05) is 17.0 Å². The molecular formula is C10H11N3O2. The van der Waals surface area contributed by atoms with E-state index < -0.39 is 0 Å². The van der Waals surface area contributed by atoms with E-state index in [-0.39, 0.29) is 6.10 Å². The minimum absolute atomic E-state index is 0.148. The summed E-state index contributed by atoms with van der Waals surface area (Å²) in [6.07, 6.45) is 1.08. The van der Waals surface area contributed by atoms with Crippen LogP contribution in [0.25, 0.3) is 10.4 Å². The molecule has 1 aromatic carbocycles. The molecule has 0 amide bonds. The zero-order chi connectivity index (χ0) is 10.5. The standard InChI is InChI=1S/C10H11N3O2/c11-13-12-8-1-3-9(4-2-8)15-10-5-6-14-7-10/h1-4,10H,5-7H2. The van der Waals surface area contributed by atoms with Crippen molar-refractivity contribution in [2.45, 2.75) is 12.5 Å². The lowest BCUT2D eigenvalue weighted by atomic mass is 10.3. The van der Waals surface area contributed by atoms with Crippen LogP contribution in [-0.2, 0) is 4.74 Å². The number of hydrogen-bond donors (Lipinski definition) is 0. The van der Waals surface area contributed by atoms with Crippen molar-refractivity contribution in [3.8, 4) is 5.75 Å². The summed E-state index contributed by atoms with van der Waals surface area (Å²) in [5, 5.41) is 3.48. The second-order valence-electron chi connectivity index (χ2n) is 3.29. The summed E-state index contributed by atoms with van der Waals surface area (Å²) in [6.45, 7) is 1.42. The minimum Gasteiger partial charge on any atom is -0.488 e. The highest BCUT2D eigenvalue weighted by atomic mass is 16.5. The fraction of sp³-hybridized carbons (Fsp3) is 0.400. The number of benzene rings is 1. The van der Waals surface area contributed by atoms with Crippen molar-refractivity contribution in [2.24, 2.45) is 5.11 Å². The van der Waals surface area contributed by atoms with Crippen LogP contribution in [0.4, 0.5) is 5.69 Å². The summed E-state index contributed by atoms with van der Waals surface area (Å²) in [5.74, 6) is 0.780.